The number of carbonyl (C=O) groups is 1. The van der Waals surface area contributed by atoms with Crippen molar-refractivity contribution in [2.24, 2.45) is 5.10 Å². The number of hydrazone groups is 1. The highest BCUT2D eigenvalue weighted by Crippen LogP contribution is 2.38. The lowest BCUT2D eigenvalue weighted by Crippen LogP contribution is -2.19. The molecule has 0 aliphatic carbocycles. The van der Waals surface area contributed by atoms with Crippen LogP contribution < -0.4 is 24.4 Å². The number of halogens is 2. The van der Waals surface area contributed by atoms with E-state index in [0.717, 1.165) is 0 Å². The van der Waals surface area contributed by atoms with Gasteiger partial charge in [0.25, 0.3) is 5.91 Å². The quantitative estimate of drug-likeness (QED) is 0.548. The summed E-state index contributed by atoms with van der Waals surface area (Å²) >= 11 is 0. The van der Waals surface area contributed by atoms with E-state index < -0.39 is 12.5 Å². The molecule has 7 nitrogen and oxygen atoms in total. The van der Waals surface area contributed by atoms with E-state index in [-0.39, 0.29) is 11.3 Å². The number of ether oxygens (including phenoxy) is 4. The molecule has 2 aromatic carbocycles. The van der Waals surface area contributed by atoms with Crippen LogP contribution in [0, 0.1) is 0 Å². The Hall–Kier alpha value is -3.36. The normalized spacial score (nSPS) is 11.2. The smallest absolute Gasteiger partial charge is 0.387 e. The fourth-order valence-electron chi connectivity index (χ4n) is 2.35. The first kappa shape index (κ1) is 20.9. The van der Waals surface area contributed by atoms with E-state index in [1.54, 1.807) is 19.1 Å². The van der Waals surface area contributed by atoms with E-state index in [1.165, 1.54) is 45.6 Å². The van der Waals surface area contributed by atoms with Crippen LogP contribution in [-0.2, 0) is 0 Å². The molecule has 0 atom stereocenters. The average molecular weight is 394 g/mol. The number of amides is 1. The second-order valence-corrected chi connectivity index (χ2v) is 5.46. The highest BCUT2D eigenvalue weighted by molar-refractivity contribution is 6.01. The Kier molecular flexibility index (Phi) is 7.14. The summed E-state index contributed by atoms with van der Waals surface area (Å²) in [6.07, 6.45) is 0. The minimum absolute atomic E-state index is 0.0352. The number of hydrogen-bond acceptors (Lipinski definition) is 6. The van der Waals surface area contributed by atoms with E-state index >= 15 is 0 Å². The predicted molar refractivity (Wildman–Crippen MR) is 98.8 cm³/mol. The molecule has 0 aromatic heterocycles. The van der Waals surface area contributed by atoms with Gasteiger partial charge in [0, 0.05) is 5.56 Å². The van der Waals surface area contributed by atoms with Gasteiger partial charge in [-0.1, -0.05) is 0 Å². The molecule has 1 N–H and O–H groups in total. The number of alkyl halides is 2. The zero-order valence-electron chi connectivity index (χ0n) is 15.8. The Balaban J connectivity index is 2.16. The van der Waals surface area contributed by atoms with Gasteiger partial charge in [-0.05, 0) is 48.9 Å². The van der Waals surface area contributed by atoms with Crippen molar-refractivity contribution in [1.82, 2.24) is 5.43 Å². The van der Waals surface area contributed by atoms with Gasteiger partial charge in [0.1, 0.15) is 5.75 Å². The fourth-order valence-corrected chi connectivity index (χ4v) is 2.35. The van der Waals surface area contributed by atoms with E-state index in [2.05, 4.69) is 15.3 Å². The van der Waals surface area contributed by atoms with Crippen molar-refractivity contribution in [2.75, 3.05) is 21.3 Å². The maximum atomic E-state index is 12.4. The van der Waals surface area contributed by atoms with Crippen LogP contribution in [0.1, 0.15) is 22.8 Å². The molecule has 0 aliphatic heterocycles. The molecule has 0 fully saturated rings. The van der Waals surface area contributed by atoms with Crippen molar-refractivity contribution >= 4 is 11.6 Å². The summed E-state index contributed by atoms with van der Waals surface area (Å²) in [4.78, 5) is 12.4. The molecule has 0 spiro atoms. The van der Waals surface area contributed by atoms with Gasteiger partial charge in [0.05, 0.1) is 27.0 Å². The van der Waals surface area contributed by atoms with Gasteiger partial charge >= 0.3 is 6.61 Å². The summed E-state index contributed by atoms with van der Waals surface area (Å²) < 4.78 is 44.3. The first-order valence-corrected chi connectivity index (χ1v) is 8.09. The Labute approximate surface area is 160 Å². The number of nitrogens with one attached hydrogen (secondary N) is 1. The number of rotatable bonds is 8. The van der Waals surface area contributed by atoms with E-state index in [4.69, 9.17) is 14.2 Å². The van der Waals surface area contributed by atoms with Crippen molar-refractivity contribution in [2.45, 2.75) is 13.5 Å². The van der Waals surface area contributed by atoms with Gasteiger partial charge in [-0.3, -0.25) is 4.79 Å². The topological polar surface area (TPSA) is 78.4 Å². The summed E-state index contributed by atoms with van der Waals surface area (Å²) in [7, 11) is 4.36. The van der Waals surface area contributed by atoms with Crippen molar-refractivity contribution < 1.29 is 32.5 Å². The molecule has 0 heterocycles. The lowest BCUT2D eigenvalue weighted by molar-refractivity contribution is -0.0498. The second-order valence-electron chi connectivity index (χ2n) is 5.46. The number of benzene rings is 2. The predicted octanol–water partition coefficient (Wildman–Crippen LogP) is 3.47. The summed E-state index contributed by atoms with van der Waals surface area (Å²) in [5, 5.41) is 4.03. The van der Waals surface area contributed by atoms with Crippen LogP contribution in [-0.4, -0.2) is 39.6 Å². The molecule has 0 unspecified atom stereocenters. The molecule has 1 amide bonds. The van der Waals surface area contributed by atoms with E-state index in [0.29, 0.717) is 28.5 Å². The van der Waals surface area contributed by atoms with Gasteiger partial charge in [-0.15, -0.1) is 0 Å². The SMILES string of the molecule is COc1cc(C(=O)N/N=C(/C)c2ccc(OC(F)F)cc2)cc(OC)c1OC. The highest BCUT2D eigenvalue weighted by atomic mass is 19.3. The van der Waals surface area contributed by atoms with E-state index in [9.17, 15) is 13.6 Å². The Morgan fingerprint density at radius 2 is 1.54 bits per heavy atom. The molecule has 0 radical (unpaired) electrons. The lowest BCUT2D eigenvalue weighted by Gasteiger charge is -2.13. The molecule has 28 heavy (non-hydrogen) atoms. The third kappa shape index (κ3) is 5.09. The molecule has 2 aromatic rings. The van der Waals surface area contributed by atoms with Crippen LogP contribution in [0.4, 0.5) is 8.78 Å². The Bertz CT molecular complexity index is 829. The van der Waals surface area contributed by atoms with Crippen LogP contribution in [0.3, 0.4) is 0 Å². The molecule has 0 bridgehead atoms. The summed E-state index contributed by atoms with van der Waals surface area (Å²) in [6, 6.07) is 8.89. The minimum Gasteiger partial charge on any atom is -0.493 e. The number of methoxy groups -OCH3 is 3. The zero-order chi connectivity index (χ0) is 20.7. The number of carbonyl (C=O) groups excluding carboxylic acids is 1. The van der Waals surface area contributed by atoms with E-state index in [1.807, 2.05) is 0 Å². The van der Waals surface area contributed by atoms with Gasteiger partial charge in [-0.25, -0.2) is 5.43 Å². The highest BCUT2D eigenvalue weighted by Gasteiger charge is 2.17. The van der Waals surface area contributed by atoms with Crippen LogP contribution in [0.2, 0.25) is 0 Å². The van der Waals surface area contributed by atoms with Gasteiger partial charge < -0.3 is 18.9 Å². The monoisotopic (exact) mass is 394 g/mol. The average Bonchev–Trinajstić information content (AvgIpc) is 2.70. The number of hydrogen-bond donors (Lipinski definition) is 1. The first-order chi connectivity index (χ1) is 13.4. The third-order valence-corrected chi connectivity index (χ3v) is 3.75. The number of nitrogens with zero attached hydrogens (tertiary/aromatic N) is 1. The largest absolute Gasteiger partial charge is 0.493 e. The maximum absolute atomic E-state index is 12.4. The summed E-state index contributed by atoms with van der Waals surface area (Å²) in [5.74, 6) is 0.584. The molecular formula is C19H20F2N2O5. The Morgan fingerprint density at radius 3 is 2.00 bits per heavy atom. The summed E-state index contributed by atoms with van der Waals surface area (Å²) in [5.41, 5.74) is 3.79. The van der Waals surface area contributed by atoms with Crippen LogP contribution in [0.5, 0.6) is 23.0 Å². The van der Waals surface area contributed by atoms with Crippen LogP contribution >= 0.6 is 0 Å². The van der Waals surface area contributed by atoms with Crippen molar-refractivity contribution in [3.05, 3.63) is 47.5 Å². The fraction of sp³-hybridized carbons (Fsp3) is 0.263. The standard InChI is InChI=1S/C19H20F2N2O5/c1-11(12-5-7-14(8-6-12)28-19(20)21)22-23-18(24)13-9-15(25-2)17(27-4)16(10-13)26-3/h5-10,19H,1-4H3,(H,23,24)/b22-11-. The van der Waals surface area contributed by atoms with Crippen molar-refractivity contribution in [3.63, 3.8) is 0 Å². The maximum Gasteiger partial charge on any atom is 0.387 e. The van der Waals surface area contributed by atoms with Gasteiger partial charge in [0.15, 0.2) is 11.5 Å². The van der Waals surface area contributed by atoms with Gasteiger partial charge in [-0.2, -0.15) is 13.9 Å². The first-order valence-electron chi connectivity index (χ1n) is 8.09. The molecule has 0 saturated carbocycles. The Morgan fingerprint density at radius 1 is 0.964 bits per heavy atom. The zero-order valence-corrected chi connectivity index (χ0v) is 15.8. The van der Waals surface area contributed by atoms with Crippen molar-refractivity contribution in [3.8, 4) is 23.0 Å². The molecular weight excluding hydrogens is 374 g/mol. The minimum atomic E-state index is -2.89. The van der Waals surface area contributed by atoms with Crippen molar-refractivity contribution in [1.29, 1.82) is 0 Å². The van der Waals surface area contributed by atoms with Gasteiger partial charge in [0.2, 0.25) is 5.75 Å². The molecule has 9 heteroatoms. The van der Waals surface area contributed by atoms with Crippen LogP contribution in [0.25, 0.3) is 0 Å². The second kappa shape index (κ2) is 9.54. The van der Waals surface area contributed by atoms with Crippen LogP contribution in [0.15, 0.2) is 41.5 Å². The summed E-state index contributed by atoms with van der Waals surface area (Å²) in [6.45, 7) is -1.23. The molecule has 2 rings (SSSR count). The lowest BCUT2D eigenvalue weighted by atomic mass is 10.1. The molecule has 0 saturated heterocycles. The molecule has 150 valence electrons. The third-order valence-electron chi connectivity index (χ3n) is 3.75. The molecule has 0 aliphatic rings.